The Bertz CT molecular complexity index is 320. The number of aliphatic hydroxyl groups is 1. The molecule has 0 bridgehead atoms. The van der Waals surface area contributed by atoms with Crippen molar-refractivity contribution in [2.45, 2.75) is 6.61 Å². The van der Waals surface area contributed by atoms with Crippen molar-refractivity contribution in [2.24, 2.45) is 0 Å². The van der Waals surface area contributed by atoms with Crippen LogP contribution in [0, 0.1) is 5.82 Å². The maximum absolute atomic E-state index is 12.8. The van der Waals surface area contributed by atoms with E-state index in [0.717, 1.165) is 6.20 Å². The number of hydrogen-bond acceptors (Lipinski definition) is 4. The Morgan fingerprint density at radius 2 is 2.33 bits per heavy atom. The van der Waals surface area contributed by atoms with Crippen molar-refractivity contribution in [3.8, 4) is 0 Å². The Morgan fingerprint density at radius 1 is 1.60 bits per heavy atom. The molecule has 84 valence electrons. The summed E-state index contributed by atoms with van der Waals surface area (Å²) in [6, 6.07) is 1.28. The van der Waals surface area contributed by atoms with E-state index in [9.17, 15) is 4.39 Å². The molecule has 1 rings (SSSR count). The van der Waals surface area contributed by atoms with Gasteiger partial charge in [0.05, 0.1) is 19.4 Å². The molecular formula is C10H15FN2O2. The van der Waals surface area contributed by atoms with Crippen molar-refractivity contribution in [2.75, 3.05) is 32.2 Å². The van der Waals surface area contributed by atoms with Crippen molar-refractivity contribution >= 4 is 5.82 Å². The first-order valence-electron chi connectivity index (χ1n) is 4.64. The molecule has 0 aliphatic rings. The largest absolute Gasteiger partial charge is 0.392 e. The Balaban J connectivity index is 2.82. The van der Waals surface area contributed by atoms with Crippen LogP contribution < -0.4 is 4.90 Å². The van der Waals surface area contributed by atoms with E-state index in [1.54, 1.807) is 7.11 Å². The van der Waals surface area contributed by atoms with E-state index in [-0.39, 0.29) is 6.61 Å². The highest BCUT2D eigenvalue weighted by Gasteiger charge is 2.09. The number of anilines is 1. The predicted molar refractivity (Wildman–Crippen MR) is 55.3 cm³/mol. The molecule has 1 heterocycles. The maximum atomic E-state index is 12.8. The minimum Gasteiger partial charge on any atom is -0.392 e. The summed E-state index contributed by atoms with van der Waals surface area (Å²) in [6.45, 7) is 0.972. The third-order valence-corrected chi connectivity index (χ3v) is 2.07. The smallest absolute Gasteiger partial charge is 0.142 e. The van der Waals surface area contributed by atoms with Gasteiger partial charge in [0.25, 0.3) is 0 Å². The molecule has 0 aliphatic heterocycles. The molecule has 15 heavy (non-hydrogen) atoms. The van der Waals surface area contributed by atoms with Gasteiger partial charge in [-0.2, -0.15) is 0 Å². The molecule has 0 saturated heterocycles. The number of ether oxygens (including phenoxy) is 1. The fraction of sp³-hybridized carbons (Fsp3) is 0.500. The summed E-state index contributed by atoms with van der Waals surface area (Å²) in [6.07, 6.45) is 1.14. The zero-order valence-electron chi connectivity index (χ0n) is 8.90. The lowest BCUT2D eigenvalue weighted by Crippen LogP contribution is -2.24. The van der Waals surface area contributed by atoms with Crippen LogP contribution in [0.5, 0.6) is 0 Å². The first kappa shape index (κ1) is 11.9. The highest BCUT2D eigenvalue weighted by Crippen LogP contribution is 2.16. The zero-order valence-corrected chi connectivity index (χ0v) is 8.90. The van der Waals surface area contributed by atoms with E-state index >= 15 is 0 Å². The van der Waals surface area contributed by atoms with Crippen molar-refractivity contribution in [3.05, 3.63) is 23.6 Å². The minimum absolute atomic E-state index is 0.225. The van der Waals surface area contributed by atoms with Gasteiger partial charge in [-0.25, -0.2) is 9.37 Å². The van der Waals surface area contributed by atoms with Crippen LogP contribution >= 0.6 is 0 Å². The van der Waals surface area contributed by atoms with Gasteiger partial charge >= 0.3 is 0 Å². The van der Waals surface area contributed by atoms with Crippen LogP contribution in [0.1, 0.15) is 5.56 Å². The highest BCUT2D eigenvalue weighted by molar-refractivity contribution is 5.45. The molecule has 1 N–H and O–H groups in total. The Hall–Kier alpha value is -1.20. The molecule has 0 amide bonds. The molecule has 0 fully saturated rings. The Morgan fingerprint density at radius 3 is 2.93 bits per heavy atom. The lowest BCUT2D eigenvalue weighted by atomic mass is 10.2. The van der Waals surface area contributed by atoms with Crippen LogP contribution in [0.15, 0.2) is 12.3 Å². The van der Waals surface area contributed by atoms with E-state index in [1.807, 2.05) is 11.9 Å². The van der Waals surface area contributed by atoms with E-state index in [0.29, 0.717) is 24.5 Å². The maximum Gasteiger partial charge on any atom is 0.142 e. The van der Waals surface area contributed by atoms with Crippen LogP contribution in [-0.2, 0) is 11.3 Å². The van der Waals surface area contributed by atoms with E-state index < -0.39 is 5.82 Å². The number of pyridine rings is 1. The number of hydrogen-bond donors (Lipinski definition) is 1. The number of nitrogens with zero attached hydrogens (tertiary/aromatic N) is 2. The van der Waals surface area contributed by atoms with Crippen molar-refractivity contribution < 1.29 is 14.2 Å². The predicted octanol–water partition coefficient (Wildman–Crippen LogP) is 0.796. The summed E-state index contributed by atoms with van der Waals surface area (Å²) < 4.78 is 17.8. The Labute approximate surface area is 88.3 Å². The standard InChI is InChI=1S/C10H15FN2O2/c1-13(3-4-15-2)10-8(7-14)5-9(11)6-12-10/h5-6,14H,3-4,7H2,1-2H3. The quantitative estimate of drug-likeness (QED) is 0.787. The third-order valence-electron chi connectivity index (χ3n) is 2.07. The van der Waals surface area contributed by atoms with E-state index in [4.69, 9.17) is 9.84 Å². The van der Waals surface area contributed by atoms with Crippen LogP contribution in [0.4, 0.5) is 10.2 Å². The van der Waals surface area contributed by atoms with Crippen LogP contribution in [-0.4, -0.2) is 37.4 Å². The molecule has 5 heteroatoms. The summed E-state index contributed by atoms with van der Waals surface area (Å²) in [5.74, 6) is 0.138. The van der Waals surface area contributed by atoms with Gasteiger partial charge in [-0.15, -0.1) is 0 Å². The minimum atomic E-state index is -0.442. The van der Waals surface area contributed by atoms with Crippen LogP contribution in [0.3, 0.4) is 0 Å². The molecule has 1 aromatic rings. The SMILES string of the molecule is COCCN(C)c1ncc(F)cc1CO. The van der Waals surface area contributed by atoms with Crippen molar-refractivity contribution in [3.63, 3.8) is 0 Å². The van der Waals surface area contributed by atoms with Crippen molar-refractivity contribution in [1.82, 2.24) is 4.98 Å². The normalized spacial score (nSPS) is 10.4. The molecule has 0 saturated carbocycles. The summed E-state index contributed by atoms with van der Waals surface area (Å²) in [5, 5.41) is 9.05. The number of aromatic nitrogens is 1. The summed E-state index contributed by atoms with van der Waals surface area (Å²) in [5.41, 5.74) is 0.480. The second-order valence-electron chi connectivity index (χ2n) is 3.21. The van der Waals surface area contributed by atoms with Gasteiger partial charge < -0.3 is 14.7 Å². The van der Waals surface area contributed by atoms with Gasteiger partial charge in [0.15, 0.2) is 0 Å². The molecule has 4 nitrogen and oxygen atoms in total. The van der Waals surface area contributed by atoms with Gasteiger partial charge in [0.1, 0.15) is 11.6 Å². The van der Waals surface area contributed by atoms with Gasteiger partial charge in [0.2, 0.25) is 0 Å². The fourth-order valence-electron chi connectivity index (χ4n) is 1.27. The fourth-order valence-corrected chi connectivity index (χ4v) is 1.27. The first-order valence-corrected chi connectivity index (χ1v) is 4.64. The molecule has 0 radical (unpaired) electrons. The van der Waals surface area contributed by atoms with E-state index in [1.165, 1.54) is 6.07 Å². The van der Waals surface area contributed by atoms with Gasteiger partial charge in [-0.05, 0) is 6.07 Å². The zero-order chi connectivity index (χ0) is 11.3. The Kier molecular flexibility index (Phi) is 4.45. The highest BCUT2D eigenvalue weighted by atomic mass is 19.1. The molecule has 1 aromatic heterocycles. The monoisotopic (exact) mass is 214 g/mol. The molecular weight excluding hydrogens is 199 g/mol. The first-order chi connectivity index (χ1) is 7.19. The van der Waals surface area contributed by atoms with Crippen molar-refractivity contribution in [1.29, 1.82) is 0 Å². The molecule has 0 spiro atoms. The van der Waals surface area contributed by atoms with Crippen LogP contribution in [0.2, 0.25) is 0 Å². The number of halogens is 1. The second-order valence-corrected chi connectivity index (χ2v) is 3.21. The summed E-state index contributed by atoms with van der Waals surface area (Å²) in [7, 11) is 3.43. The number of methoxy groups -OCH3 is 1. The van der Waals surface area contributed by atoms with Gasteiger partial charge in [-0.3, -0.25) is 0 Å². The molecule has 0 aliphatic carbocycles. The summed E-state index contributed by atoms with van der Waals surface area (Å²) in [4.78, 5) is 5.75. The third kappa shape index (κ3) is 3.14. The van der Waals surface area contributed by atoms with Gasteiger partial charge in [-0.1, -0.05) is 0 Å². The number of aliphatic hydroxyl groups excluding tert-OH is 1. The van der Waals surface area contributed by atoms with Crippen LogP contribution in [0.25, 0.3) is 0 Å². The molecule has 0 atom stereocenters. The average molecular weight is 214 g/mol. The van der Waals surface area contributed by atoms with E-state index in [2.05, 4.69) is 4.98 Å². The van der Waals surface area contributed by atoms with Gasteiger partial charge in [0, 0.05) is 26.3 Å². The number of rotatable bonds is 5. The lowest BCUT2D eigenvalue weighted by Gasteiger charge is -2.19. The molecule has 0 aromatic carbocycles. The number of likely N-dealkylation sites (N-methyl/N-ethyl adjacent to an activating group) is 1. The lowest BCUT2D eigenvalue weighted by molar-refractivity contribution is 0.206. The summed E-state index contributed by atoms with van der Waals surface area (Å²) >= 11 is 0. The molecule has 0 unspecified atom stereocenters. The second kappa shape index (κ2) is 5.63. The average Bonchev–Trinajstić information content (AvgIpc) is 2.25. The topological polar surface area (TPSA) is 45.6 Å².